The van der Waals surface area contributed by atoms with Crippen molar-refractivity contribution in [3.8, 4) is 23.0 Å². The van der Waals surface area contributed by atoms with Gasteiger partial charge in [-0.05, 0) is 24.3 Å². The Kier molecular flexibility index (Phi) is 2.12. The van der Waals surface area contributed by atoms with E-state index in [-0.39, 0.29) is 0 Å². The van der Waals surface area contributed by atoms with Gasteiger partial charge in [-0.3, -0.25) is 0 Å². The number of fused-ring (bicyclic) bond motifs is 1. The van der Waals surface area contributed by atoms with Gasteiger partial charge in [0.15, 0.2) is 23.0 Å². The molecule has 0 radical (unpaired) electrons. The zero-order valence-electron chi connectivity index (χ0n) is 10.00. The highest BCUT2D eigenvalue weighted by molar-refractivity contribution is 6.01. The van der Waals surface area contributed by atoms with E-state index in [9.17, 15) is 0 Å². The fraction of sp³-hybridized carbons (Fsp3) is 0. The molecular formula is C16H10O3. The predicted octanol–water partition coefficient (Wildman–Crippen LogP) is 4.95. The van der Waals surface area contributed by atoms with Gasteiger partial charge in [0, 0.05) is 10.8 Å². The molecule has 19 heavy (non-hydrogen) atoms. The Morgan fingerprint density at radius 3 is 1.53 bits per heavy atom. The normalized spacial score (nSPS) is 11.2. The van der Waals surface area contributed by atoms with E-state index in [0.717, 1.165) is 22.3 Å². The summed E-state index contributed by atoms with van der Waals surface area (Å²) >= 11 is 0. The summed E-state index contributed by atoms with van der Waals surface area (Å²) in [6.07, 6.45) is 3.28. The Morgan fingerprint density at radius 1 is 0.579 bits per heavy atom. The Balaban J connectivity index is 2.06. The van der Waals surface area contributed by atoms with E-state index in [1.54, 1.807) is 12.5 Å². The molecule has 0 saturated heterocycles. The van der Waals surface area contributed by atoms with E-state index in [0.29, 0.717) is 11.5 Å². The molecule has 0 N–H and O–H groups in total. The molecule has 0 aliphatic rings. The minimum absolute atomic E-state index is 0.717. The average Bonchev–Trinajstić information content (AvgIpc) is 3.18. The van der Waals surface area contributed by atoms with Crippen LogP contribution in [-0.2, 0) is 0 Å². The maximum absolute atomic E-state index is 5.97. The third-order valence-electron chi connectivity index (χ3n) is 3.11. The summed E-state index contributed by atoms with van der Waals surface area (Å²) in [5, 5.41) is 2.03. The first-order valence-electron chi connectivity index (χ1n) is 6.03. The molecule has 0 unspecified atom stereocenters. The zero-order valence-corrected chi connectivity index (χ0v) is 10.00. The molecule has 0 saturated carbocycles. The Labute approximate surface area is 109 Å². The topological polar surface area (TPSA) is 39.4 Å². The molecule has 3 nitrogen and oxygen atoms in total. The van der Waals surface area contributed by atoms with Crippen LogP contribution in [0.4, 0.5) is 0 Å². The van der Waals surface area contributed by atoms with Gasteiger partial charge in [0.25, 0.3) is 0 Å². The van der Waals surface area contributed by atoms with Crippen molar-refractivity contribution >= 4 is 10.8 Å². The van der Waals surface area contributed by atoms with Crippen LogP contribution in [-0.4, -0.2) is 0 Å². The van der Waals surface area contributed by atoms with Gasteiger partial charge >= 0.3 is 0 Å². The Morgan fingerprint density at radius 2 is 1.11 bits per heavy atom. The van der Waals surface area contributed by atoms with Crippen molar-refractivity contribution in [3.05, 3.63) is 61.1 Å². The molecule has 0 amide bonds. The van der Waals surface area contributed by atoms with Gasteiger partial charge in [-0.15, -0.1) is 0 Å². The fourth-order valence-electron chi connectivity index (χ4n) is 2.27. The van der Waals surface area contributed by atoms with Crippen LogP contribution in [0.3, 0.4) is 0 Å². The lowest BCUT2D eigenvalue weighted by Crippen LogP contribution is -1.69. The highest BCUT2D eigenvalue weighted by atomic mass is 16.4. The van der Waals surface area contributed by atoms with E-state index in [1.165, 1.54) is 0 Å². The number of hydrogen-bond donors (Lipinski definition) is 0. The first-order valence-corrected chi connectivity index (χ1v) is 6.03. The molecule has 0 spiro atoms. The minimum Gasteiger partial charge on any atom is -0.461 e. The van der Waals surface area contributed by atoms with Crippen molar-refractivity contribution in [2.45, 2.75) is 0 Å². The molecule has 0 aliphatic carbocycles. The molecule has 0 fully saturated rings. The summed E-state index contributed by atoms with van der Waals surface area (Å²) in [7, 11) is 0. The molecule has 3 heterocycles. The summed E-state index contributed by atoms with van der Waals surface area (Å²) in [6, 6.07) is 15.5. The molecule has 3 aromatic heterocycles. The van der Waals surface area contributed by atoms with Crippen LogP contribution in [0.2, 0.25) is 0 Å². The van der Waals surface area contributed by atoms with E-state index < -0.39 is 0 Å². The van der Waals surface area contributed by atoms with Crippen LogP contribution in [0.5, 0.6) is 0 Å². The standard InChI is InChI=1S/C16H10O3/c1-2-6-12-11(5-1)15(13-7-3-9-17-13)19-16(12)14-8-4-10-18-14/h1-10H. The predicted molar refractivity (Wildman–Crippen MR) is 71.6 cm³/mol. The smallest absolute Gasteiger partial charge is 0.178 e. The van der Waals surface area contributed by atoms with Crippen molar-refractivity contribution in [2.75, 3.05) is 0 Å². The van der Waals surface area contributed by atoms with Crippen molar-refractivity contribution in [3.63, 3.8) is 0 Å². The first-order chi connectivity index (χ1) is 9.43. The second-order valence-corrected chi connectivity index (χ2v) is 4.26. The van der Waals surface area contributed by atoms with Crippen LogP contribution in [0.25, 0.3) is 33.8 Å². The summed E-state index contributed by atoms with van der Waals surface area (Å²) in [6.45, 7) is 0. The maximum atomic E-state index is 5.97. The summed E-state index contributed by atoms with van der Waals surface area (Å²) < 4.78 is 16.8. The molecular weight excluding hydrogens is 240 g/mol. The molecule has 0 aliphatic heterocycles. The van der Waals surface area contributed by atoms with Gasteiger partial charge < -0.3 is 13.3 Å². The average molecular weight is 250 g/mol. The third kappa shape index (κ3) is 1.52. The van der Waals surface area contributed by atoms with Crippen LogP contribution in [0.1, 0.15) is 0 Å². The number of benzene rings is 1. The highest BCUT2D eigenvalue weighted by Crippen LogP contribution is 2.39. The van der Waals surface area contributed by atoms with E-state index in [4.69, 9.17) is 13.3 Å². The number of furan rings is 3. The second kappa shape index (κ2) is 3.92. The lowest BCUT2D eigenvalue weighted by Gasteiger charge is -1.91. The number of hydrogen-bond acceptors (Lipinski definition) is 3. The molecule has 92 valence electrons. The van der Waals surface area contributed by atoms with Gasteiger partial charge in [-0.25, -0.2) is 0 Å². The molecule has 1 aromatic carbocycles. The largest absolute Gasteiger partial charge is 0.461 e. The summed E-state index contributed by atoms with van der Waals surface area (Å²) in [4.78, 5) is 0. The van der Waals surface area contributed by atoms with Crippen LogP contribution < -0.4 is 0 Å². The van der Waals surface area contributed by atoms with Crippen LogP contribution in [0.15, 0.2) is 74.3 Å². The van der Waals surface area contributed by atoms with Crippen LogP contribution >= 0.6 is 0 Å². The van der Waals surface area contributed by atoms with Gasteiger partial charge in [-0.2, -0.15) is 0 Å². The van der Waals surface area contributed by atoms with E-state index >= 15 is 0 Å². The monoisotopic (exact) mass is 250 g/mol. The summed E-state index contributed by atoms with van der Waals surface area (Å²) in [5.41, 5.74) is 0. The van der Waals surface area contributed by atoms with E-state index in [1.807, 2.05) is 48.5 Å². The van der Waals surface area contributed by atoms with Gasteiger partial charge in [0.1, 0.15) is 0 Å². The van der Waals surface area contributed by atoms with Gasteiger partial charge in [-0.1, -0.05) is 24.3 Å². The van der Waals surface area contributed by atoms with E-state index in [2.05, 4.69) is 0 Å². The molecule has 3 heteroatoms. The molecule has 0 bridgehead atoms. The number of rotatable bonds is 2. The molecule has 4 aromatic rings. The Hall–Kier alpha value is -2.68. The molecule has 4 rings (SSSR count). The highest BCUT2D eigenvalue weighted by Gasteiger charge is 2.18. The summed E-state index contributed by atoms with van der Waals surface area (Å²) in [5.74, 6) is 2.89. The second-order valence-electron chi connectivity index (χ2n) is 4.26. The SMILES string of the molecule is c1coc(-c2oc(-c3ccco3)c3ccccc23)c1. The minimum atomic E-state index is 0.717. The van der Waals surface area contributed by atoms with Crippen LogP contribution in [0, 0.1) is 0 Å². The lowest BCUT2D eigenvalue weighted by molar-refractivity contribution is 0.511. The van der Waals surface area contributed by atoms with Crippen molar-refractivity contribution in [1.82, 2.24) is 0 Å². The quantitative estimate of drug-likeness (QED) is 0.505. The third-order valence-corrected chi connectivity index (χ3v) is 3.11. The maximum Gasteiger partial charge on any atom is 0.178 e. The van der Waals surface area contributed by atoms with Gasteiger partial charge in [0.2, 0.25) is 0 Å². The van der Waals surface area contributed by atoms with Crippen molar-refractivity contribution in [2.24, 2.45) is 0 Å². The first kappa shape index (κ1) is 10.3. The fourth-order valence-corrected chi connectivity index (χ4v) is 2.27. The molecule has 0 atom stereocenters. The van der Waals surface area contributed by atoms with Crippen molar-refractivity contribution in [1.29, 1.82) is 0 Å². The Bertz CT molecular complexity index is 737. The lowest BCUT2D eigenvalue weighted by atomic mass is 10.1. The van der Waals surface area contributed by atoms with Gasteiger partial charge in [0.05, 0.1) is 12.5 Å². The zero-order chi connectivity index (χ0) is 12.7. The van der Waals surface area contributed by atoms with Crippen molar-refractivity contribution < 1.29 is 13.3 Å².